The van der Waals surface area contributed by atoms with Crippen molar-refractivity contribution in [3.05, 3.63) is 41.6 Å². The van der Waals surface area contributed by atoms with Crippen LogP contribution in [0, 0.1) is 0 Å². The number of nitrogens with two attached hydrogens (primary N) is 1. The molecule has 0 spiro atoms. The quantitative estimate of drug-likeness (QED) is 0.410. The van der Waals surface area contributed by atoms with Gasteiger partial charge in [-0.25, -0.2) is 14.8 Å². The van der Waals surface area contributed by atoms with Gasteiger partial charge in [-0.05, 0) is 37.5 Å². The van der Waals surface area contributed by atoms with E-state index in [4.69, 9.17) is 10.5 Å². The van der Waals surface area contributed by atoms with Crippen molar-refractivity contribution in [2.75, 3.05) is 29.5 Å². The van der Waals surface area contributed by atoms with Gasteiger partial charge in [-0.2, -0.15) is 0 Å². The van der Waals surface area contributed by atoms with Crippen molar-refractivity contribution in [3.8, 4) is 0 Å². The minimum Gasteiger partial charge on any atom is -0.462 e. The predicted octanol–water partition coefficient (Wildman–Crippen LogP) is 3.50. The molecule has 0 saturated carbocycles. The molecule has 1 aromatic heterocycles. The number of esters is 1. The smallest absolute Gasteiger partial charge is 0.343 e. The zero-order chi connectivity index (χ0) is 20.7. The highest BCUT2D eigenvalue weighted by molar-refractivity contribution is 7.99. The van der Waals surface area contributed by atoms with Gasteiger partial charge in [0.1, 0.15) is 11.4 Å². The summed E-state index contributed by atoms with van der Waals surface area (Å²) in [7, 11) is 0. The first-order valence-corrected chi connectivity index (χ1v) is 10.2. The van der Waals surface area contributed by atoms with Gasteiger partial charge in [-0.1, -0.05) is 37.7 Å². The molecule has 1 heterocycles. The van der Waals surface area contributed by atoms with Gasteiger partial charge in [-0.15, -0.1) is 0 Å². The first-order chi connectivity index (χ1) is 13.4. The second-order valence-corrected chi connectivity index (χ2v) is 7.29. The molecule has 1 amide bonds. The number of thioether (sulfide) groups is 1. The van der Waals surface area contributed by atoms with Crippen LogP contribution in [-0.4, -0.2) is 40.7 Å². The molecule has 1 aromatic carbocycles. The fourth-order valence-corrected chi connectivity index (χ4v) is 3.26. The highest BCUT2D eigenvalue weighted by Crippen LogP contribution is 2.22. The number of benzene rings is 1. The zero-order valence-corrected chi connectivity index (χ0v) is 17.5. The van der Waals surface area contributed by atoms with Crippen LogP contribution >= 0.6 is 11.8 Å². The molecule has 0 aliphatic heterocycles. The molecule has 0 saturated heterocycles. The normalized spacial score (nSPS) is 10.8. The Morgan fingerprint density at radius 2 is 1.89 bits per heavy atom. The van der Waals surface area contributed by atoms with Gasteiger partial charge in [0.2, 0.25) is 5.91 Å². The Kier molecular flexibility index (Phi) is 7.80. The van der Waals surface area contributed by atoms with Crippen LogP contribution in [0.3, 0.4) is 0 Å². The molecule has 0 aliphatic rings. The Bertz CT molecular complexity index is 825. The van der Waals surface area contributed by atoms with E-state index in [1.165, 1.54) is 23.5 Å². The lowest BCUT2D eigenvalue weighted by Crippen LogP contribution is -2.32. The van der Waals surface area contributed by atoms with Crippen LogP contribution in [0.4, 0.5) is 11.5 Å². The number of rotatable bonds is 8. The fraction of sp³-hybridized carbons (Fsp3) is 0.400. The molecular weight excluding hydrogens is 376 g/mol. The third kappa shape index (κ3) is 5.45. The SMILES string of the molecule is CCOC(=O)c1cnc(SCC(=O)N(CC)c2ccc(C(C)C)cc2)nc1N. The standard InChI is InChI=1S/C20H26N4O3S/c1-5-24(15-9-7-14(8-10-15)13(3)4)17(25)12-28-20-22-11-16(18(21)23-20)19(26)27-6-2/h7-11,13H,5-6,12H2,1-4H3,(H2,21,22,23). The van der Waals surface area contributed by atoms with Crippen LogP contribution in [0.15, 0.2) is 35.6 Å². The lowest BCUT2D eigenvalue weighted by Gasteiger charge is -2.21. The van der Waals surface area contributed by atoms with Gasteiger partial charge in [0.25, 0.3) is 0 Å². The number of anilines is 2. The molecule has 7 nitrogen and oxygen atoms in total. The molecular formula is C20H26N4O3S. The predicted molar refractivity (Wildman–Crippen MR) is 112 cm³/mol. The van der Waals surface area contributed by atoms with E-state index in [1.54, 1.807) is 11.8 Å². The Hall–Kier alpha value is -2.61. The van der Waals surface area contributed by atoms with Crippen molar-refractivity contribution in [1.82, 2.24) is 9.97 Å². The van der Waals surface area contributed by atoms with Gasteiger partial charge >= 0.3 is 5.97 Å². The summed E-state index contributed by atoms with van der Waals surface area (Å²) >= 11 is 1.18. The Morgan fingerprint density at radius 3 is 2.43 bits per heavy atom. The second-order valence-electron chi connectivity index (χ2n) is 6.34. The number of nitrogen functional groups attached to an aromatic ring is 1. The number of carbonyl (C=O) groups is 2. The number of nitrogens with zero attached hydrogens (tertiary/aromatic N) is 3. The molecule has 0 fully saturated rings. The summed E-state index contributed by atoms with van der Waals surface area (Å²) in [5.74, 6) is 0.0319. The van der Waals surface area contributed by atoms with E-state index < -0.39 is 5.97 Å². The molecule has 150 valence electrons. The summed E-state index contributed by atoms with van der Waals surface area (Å²) in [5.41, 5.74) is 8.02. The maximum absolute atomic E-state index is 12.7. The number of hydrogen-bond acceptors (Lipinski definition) is 7. The third-order valence-corrected chi connectivity index (χ3v) is 4.95. The maximum Gasteiger partial charge on any atom is 0.343 e. The third-order valence-electron chi connectivity index (χ3n) is 4.10. The van der Waals surface area contributed by atoms with E-state index in [2.05, 4.69) is 23.8 Å². The summed E-state index contributed by atoms with van der Waals surface area (Å²) in [6, 6.07) is 8.01. The van der Waals surface area contributed by atoms with Crippen LogP contribution < -0.4 is 10.6 Å². The number of hydrogen-bond donors (Lipinski definition) is 1. The highest BCUT2D eigenvalue weighted by Gasteiger charge is 2.17. The number of carbonyl (C=O) groups excluding carboxylic acids is 2. The monoisotopic (exact) mass is 402 g/mol. The summed E-state index contributed by atoms with van der Waals surface area (Å²) in [5, 5.41) is 0.338. The molecule has 28 heavy (non-hydrogen) atoms. The molecule has 2 N–H and O–H groups in total. The van der Waals surface area contributed by atoms with E-state index >= 15 is 0 Å². The summed E-state index contributed by atoms with van der Waals surface area (Å²) in [4.78, 5) is 34.3. The summed E-state index contributed by atoms with van der Waals surface area (Å²) in [6.07, 6.45) is 1.33. The molecule has 2 aromatic rings. The van der Waals surface area contributed by atoms with E-state index in [9.17, 15) is 9.59 Å². The van der Waals surface area contributed by atoms with Crippen molar-refractivity contribution in [2.24, 2.45) is 0 Å². The maximum atomic E-state index is 12.7. The number of aromatic nitrogens is 2. The summed E-state index contributed by atoms with van der Waals surface area (Å²) < 4.78 is 4.90. The molecule has 0 radical (unpaired) electrons. The van der Waals surface area contributed by atoms with Crippen LogP contribution in [0.2, 0.25) is 0 Å². The van der Waals surface area contributed by atoms with Crippen LogP contribution in [-0.2, 0) is 9.53 Å². The lowest BCUT2D eigenvalue weighted by atomic mass is 10.0. The second kappa shape index (κ2) is 10.1. The Morgan fingerprint density at radius 1 is 1.21 bits per heavy atom. The van der Waals surface area contributed by atoms with Crippen molar-refractivity contribution in [3.63, 3.8) is 0 Å². The lowest BCUT2D eigenvalue weighted by molar-refractivity contribution is -0.116. The first-order valence-electron chi connectivity index (χ1n) is 9.20. The van der Waals surface area contributed by atoms with Crippen molar-refractivity contribution < 1.29 is 14.3 Å². The molecule has 0 bridgehead atoms. The van der Waals surface area contributed by atoms with Crippen molar-refractivity contribution in [2.45, 2.75) is 38.8 Å². The van der Waals surface area contributed by atoms with Crippen molar-refractivity contribution >= 4 is 35.1 Å². The van der Waals surface area contributed by atoms with Gasteiger partial charge in [0, 0.05) is 18.4 Å². The Balaban J connectivity index is 2.03. The number of amides is 1. The molecule has 0 unspecified atom stereocenters. The van der Waals surface area contributed by atoms with Gasteiger partial charge in [0.05, 0.1) is 12.4 Å². The van der Waals surface area contributed by atoms with E-state index in [1.807, 2.05) is 31.2 Å². The van der Waals surface area contributed by atoms with E-state index in [-0.39, 0.29) is 29.6 Å². The van der Waals surface area contributed by atoms with E-state index in [0.717, 1.165) is 5.69 Å². The first kappa shape index (κ1) is 21.7. The Labute approximate surface area is 169 Å². The average molecular weight is 403 g/mol. The number of ether oxygens (including phenoxy) is 1. The minimum atomic E-state index is -0.561. The average Bonchev–Trinajstić information content (AvgIpc) is 2.67. The topological polar surface area (TPSA) is 98.4 Å². The fourth-order valence-electron chi connectivity index (χ4n) is 2.56. The summed E-state index contributed by atoms with van der Waals surface area (Å²) in [6.45, 7) is 8.71. The molecule has 0 aliphatic carbocycles. The molecule has 8 heteroatoms. The van der Waals surface area contributed by atoms with Gasteiger partial charge < -0.3 is 15.4 Å². The zero-order valence-electron chi connectivity index (χ0n) is 16.6. The largest absolute Gasteiger partial charge is 0.462 e. The van der Waals surface area contributed by atoms with Crippen molar-refractivity contribution in [1.29, 1.82) is 0 Å². The minimum absolute atomic E-state index is 0.0417. The van der Waals surface area contributed by atoms with E-state index in [0.29, 0.717) is 17.6 Å². The molecule has 0 atom stereocenters. The van der Waals surface area contributed by atoms with Gasteiger partial charge in [0.15, 0.2) is 5.16 Å². The highest BCUT2D eigenvalue weighted by atomic mass is 32.2. The van der Waals surface area contributed by atoms with Crippen LogP contribution in [0.25, 0.3) is 0 Å². The van der Waals surface area contributed by atoms with Gasteiger partial charge in [-0.3, -0.25) is 4.79 Å². The van der Waals surface area contributed by atoms with Crippen LogP contribution in [0.1, 0.15) is 49.5 Å². The van der Waals surface area contributed by atoms with Crippen LogP contribution in [0.5, 0.6) is 0 Å². The molecule has 2 rings (SSSR count).